The van der Waals surface area contributed by atoms with Gasteiger partial charge in [-0.25, -0.2) is 0 Å². The number of pyridine rings is 1. The summed E-state index contributed by atoms with van der Waals surface area (Å²) in [5.41, 5.74) is 6.10. The molecule has 2 aromatic rings. The second kappa shape index (κ2) is 6.29. The summed E-state index contributed by atoms with van der Waals surface area (Å²) in [5, 5.41) is 13.7. The molecule has 0 fully saturated rings. The van der Waals surface area contributed by atoms with E-state index >= 15 is 0 Å². The van der Waals surface area contributed by atoms with Crippen LogP contribution in [-0.2, 0) is 6.54 Å². The molecule has 1 aromatic heterocycles. The molecule has 21 heavy (non-hydrogen) atoms. The fourth-order valence-electron chi connectivity index (χ4n) is 1.69. The largest absolute Gasteiger partial charge is 0.325 e. The predicted molar refractivity (Wildman–Crippen MR) is 78.2 cm³/mol. The van der Waals surface area contributed by atoms with Crippen molar-refractivity contribution in [3.63, 3.8) is 0 Å². The van der Waals surface area contributed by atoms with Gasteiger partial charge in [-0.1, -0.05) is 11.6 Å². The topological polar surface area (TPSA) is 111 Å². The lowest BCUT2D eigenvalue weighted by Gasteiger charge is -2.07. The highest BCUT2D eigenvalue weighted by Crippen LogP contribution is 2.28. The highest BCUT2D eigenvalue weighted by Gasteiger charge is 2.17. The van der Waals surface area contributed by atoms with Gasteiger partial charge >= 0.3 is 0 Å². The van der Waals surface area contributed by atoms with E-state index < -0.39 is 10.8 Å². The van der Waals surface area contributed by atoms with E-state index in [1.54, 1.807) is 0 Å². The molecule has 0 unspecified atom stereocenters. The molecular weight excluding hydrogens is 296 g/mol. The number of halogens is 1. The van der Waals surface area contributed by atoms with E-state index in [0.29, 0.717) is 11.3 Å². The molecule has 7 nitrogen and oxygen atoms in total. The van der Waals surface area contributed by atoms with E-state index in [2.05, 4.69) is 10.3 Å². The van der Waals surface area contributed by atoms with E-state index in [9.17, 15) is 14.9 Å². The fourth-order valence-corrected chi connectivity index (χ4v) is 1.87. The first-order valence-electron chi connectivity index (χ1n) is 5.91. The van der Waals surface area contributed by atoms with Crippen molar-refractivity contribution in [1.29, 1.82) is 0 Å². The first-order valence-corrected chi connectivity index (χ1v) is 6.29. The summed E-state index contributed by atoms with van der Waals surface area (Å²) in [6.45, 7) is 0.193. The van der Waals surface area contributed by atoms with Crippen LogP contribution in [0.1, 0.15) is 16.1 Å². The number of rotatable bonds is 4. The van der Waals surface area contributed by atoms with Crippen LogP contribution in [0, 0.1) is 10.1 Å². The Morgan fingerprint density at radius 1 is 1.38 bits per heavy atom. The number of amides is 1. The minimum Gasteiger partial charge on any atom is -0.325 e. The number of nitrogens with two attached hydrogens (primary N) is 1. The zero-order valence-corrected chi connectivity index (χ0v) is 11.5. The SMILES string of the molecule is NCc1cc(C(=O)Nc2cc(Cl)ccc2[N+](=O)[O-])ccn1. The van der Waals surface area contributed by atoms with Gasteiger partial charge in [0.15, 0.2) is 0 Å². The Morgan fingerprint density at radius 3 is 2.81 bits per heavy atom. The van der Waals surface area contributed by atoms with Gasteiger partial charge in [-0.2, -0.15) is 0 Å². The Morgan fingerprint density at radius 2 is 2.14 bits per heavy atom. The number of hydrogen-bond acceptors (Lipinski definition) is 5. The van der Waals surface area contributed by atoms with Crippen molar-refractivity contribution in [2.45, 2.75) is 6.54 Å². The van der Waals surface area contributed by atoms with Crippen molar-refractivity contribution in [3.05, 3.63) is 62.9 Å². The molecule has 0 aliphatic carbocycles. The molecule has 0 saturated carbocycles. The van der Waals surface area contributed by atoms with Gasteiger partial charge in [-0.3, -0.25) is 19.9 Å². The molecule has 0 atom stereocenters. The number of nitrogens with zero attached hydrogens (tertiary/aromatic N) is 2. The van der Waals surface area contributed by atoms with Crippen LogP contribution < -0.4 is 11.1 Å². The molecule has 0 aliphatic heterocycles. The van der Waals surface area contributed by atoms with Gasteiger partial charge in [-0.05, 0) is 24.3 Å². The fraction of sp³-hybridized carbons (Fsp3) is 0.0769. The molecule has 2 rings (SSSR count). The third-order valence-corrected chi connectivity index (χ3v) is 2.93. The zero-order valence-electron chi connectivity index (χ0n) is 10.7. The second-order valence-corrected chi connectivity index (χ2v) is 4.55. The van der Waals surface area contributed by atoms with Crippen LogP contribution in [-0.4, -0.2) is 15.8 Å². The van der Waals surface area contributed by atoms with Gasteiger partial charge in [0.05, 0.1) is 10.6 Å². The third kappa shape index (κ3) is 3.53. The van der Waals surface area contributed by atoms with E-state index in [0.717, 1.165) is 0 Å². The normalized spacial score (nSPS) is 10.2. The summed E-state index contributed by atoms with van der Waals surface area (Å²) >= 11 is 5.80. The lowest BCUT2D eigenvalue weighted by molar-refractivity contribution is -0.383. The van der Waals surface area contributed by atoms with E-state index in [4.69, 9.17) is 17.3 Å². The van der Waals surface area contributed by atoms with E-state index in [1.165, 1.54) is 36.5 Å². The highest BCUT2D eigenvalue weighted by atomic mass is 35.5. The summed E-state index contributed by atoms with van der Waals surface area (Å²) in [4.78, 5) is 26.4. The molecule has 0 radical (unpaired) electrons. The van der Waals surface area contributed by atoms with Crippen molar-refractivity contribution in [1.82, 2.24) is 4.98 Å². The van der Waals surface area contributed by atoms with Crippen molar-refractivity contribution in [2.75, 3.05) is 5.32 Å². The molecule has 1 amide bonds. The lowest BCUT2D eigenvalue weighted by Crippen LogP contribution is -2.14. The molecule has 0 bridgehead atoms. The summed E-state index contributed by atoms with van der Waals surface area (Å²) in [6.07, 6.45) is 1.45. The van der Waals surface area contributed by atoms with E-state index in [-0.39, 0.29) is 22.9 Å². The van der Waals surface area contributed by atoms with Gasteiger partial charge in [0, 0.05) is 29.4 Å². The van der Waals surface area contributed by atoms with Gasteiger partial charge in [-0.15, -0.1) is 0 Å². The van der Waals surface area contributed by atoms with Crippen LogP contribution in [0.5, 0.6) is 0 Å². The first-order chi connectivity index (χ1) is 10.0. The molecule has 0 spiro atoms. The smallest absolute Gasteiger partial charge is 0.292 e. The molecule has 1 aromatic carbocycles. The van der Waals surface area contributed by atoms with Crippen molar-refractivity contribution < 1.29 is 9.72 Å². The molecule has 0 aliphatic rings. The maximum atomic E-state index is 12.1. The molecule has 1 heterocycles. The first kappa shape index (κ1) is 14.9. The van der Waals surface area contributed by atoms with Crippen LogP contribution in [0.2, 0.25) is 5.02 Å². The molecule has 3 N–H and O–H groups in total. The standard InChI is InChI=1S/C13H11ClN4O3/c14-9-1-2-12(18(20)21)11(6-9)17-13(19)8-3-4-16-10(5-8)7-15/h1-6H,7,15H2,(H,17,19). The third-order valence-electron chi connectivity index (χ3n) is 2.69. The quantitative estimate of drug-likeness (QED) is 0.665. The van der Waals surface area contributed by atoms with Gasteiger partial charge < -0.3 is 11.1 Å². The lowest BCUT2D eigenvalue weighted by atomic mass is 10.2. The number of anilines is 1. The summed E-state index contributed by atoms with van der Waals surface area (Å²) in [6, 6.07) is 6.95. The molecule has 108 valence electrons. The Labute approximate surface area is 124 Å². The highest BCUT2D eigenvalue weighted by molar-refractivity contribution is 6.31. The number of aromatic nitrogens is 1. The monoisotopic (exact) mass is 306 g/mol. The summed E-state index contributed by atoms with van der Waals surface area (Å²) < 4.78 is 0. The number of benzene rings is 1. The number of nitro groups is 1. The van der Waals surface area contributed by atoms with Crippen molar-refractivity contribution in [3.8, 4) is 0 Å². The van der Waals surface area contributed by atoms with Crippen molar-refractivity contribution in [2.24, 2.45) is 5.73 Å². The van der Waals surface area contributed by atoms with Gasteiger partial charge in [0.25, 0.3) is 11.6 Å². The predicted octanol–water partition coefficient (Wildman–Crippen LogP) is 2.35. The second-order valence-electron chi connectivity index (χ2n) is 4.11. The Hall–Kier alpha value is -2.51. The minimum absolute atomic E-state index is 0.0311. The van der Waals surface area contributed by atoms with Crippen LogP contribution in [0.25, 0.3) is 0 Å². The number of nitro benzene ring substituents is 1. The maximum Gasteiger partial charge on any atom is 0.292 e. The van der Waals surface area contributed by atoms with Crippen molar-refractivity contribution >= 4 is 28.9 Å². The number of carbonyl (C=O) groups excluding carboxylic acids is 1. The average Bonchev–Trinajstić information content (AvgIpc) is 2.47. The summed E-state index contributed by atoms with van der Waals surface area (Å²) in [7, 11) is 0. The molecule has 0 saturated heterocycles. The Balaban J connectivity index is 2.30. The van der Waals surface area contributed by atoms with Crippen LogP contribution in [0.3, 0.4) is 0 Å². The summed E-state index contributed by atoms with van der Waals surface area (Å²) in [5.74, 6) is -0.502. The van der Waals surface area contributed by atoms with E-state index in [1.807, 2.05) is 0 Å². The Kier molecular flexibility index (Phi) is 4.46. The minimum atomic E-state index is -0.593. The van der Waals surface area contributed by atoms with Crippen LogP contribution in [0.15, 0.2) is 36.5 Å². The molecular formula is C13H11ClN4O3. The van der Waals surface area contributed by atoms with Crippen LogP contribution >= 0.6 is 11.6 Å². The number of nitrogens with one attached hydrogen (secondary N) is 1. The zero-order chi connectivity index (χ0) is 15.4. The Bertz CT molecular complexity index is 706. The number of hydrogen-bond donors (Lipinski definition) is 2. The maximum absolute atomic E-state index is 12.1. The van der Waals surface area contributed by atoms with Crippen LogP contribution in [0.4, 0.5) is 11.4 Å². The average molecular weight is 307 g/mol. The van der Waals surface area contributed by atoms with Gasteiger partial charge in [0.2, 0.25) is 0 Å². The number of carbonyl (C=O) groups is 1. The van der Waals surface area contributed by atoms with Gasteiger partial charge in [0.1, 0.15) is 5.69 Å². The molecule has 8 heteroatoms.